The zero-order chi connectivity index (χ0) is 15.3. The SMILES string of the molecule is CC1(C)[C@@H]2CC[C@@]1(C)C(=N[C@@H](C(N)=O)c1ccccc1)C2. The Morgan fingerprint density at radius 1 is 1.29 bits per heavy atom. The van der Waals surface area contributed by atoms with Gasteiger partial charge < -0.3 is 5.73 Å². The molecule has 0 heterocycles. The normalized spacial score (nSPS) is 33.3. The third-order valence-electron chi connectivity index (χ3n) is 6.18. The van der Waals surface area contributed by atoms with E-state index in [1.54, 1.807) is 0 Å². The molecule has 0 aromatic heterocycles. The highest BCUT2D eigenvalue weighted by Gasteiger charge is 2.59. The van der Waals surface area contributed by atoms with E-state index in [-0.39, 0.29) is 16.7 Å². The Hall–Kier alpha value is -1.64. The summed E-state index contributed by atoms with van der Waals surface area (Å²) in [5, 5.41) is 0. The molecule has 21 heavy (non-hydrogen) atoms. The van der Waals surface area contributed by atoms with Gasteiger partial charge in [-0.2, -0.15) is 0 Å². The van der Waals surface area contributed by atoms with E-state index in [1.807, 2.05) is 30.3 Å². The van der Waals surface area contributed by atoms with Crippen LogP contribution in [0.2, 0.25) is 0 Å². The van der Waals surface area contributed by atoms with Crippen LogP contribution in [0.4, 0.5) is 0 Å². The van der Waals surface area contributed by atoms with Crippen LogP contribution in [0.25, 0.3) is 0 Å². The minimum Gasteiger partial charge on any atom is -0.368 e. The molecule has 0 saturated heterocycles. The average Bonchev–Trinajstić information content (AvgIpc) is 2.78. The lowest BCUT2D eigenvalue weighted by Gasteiger charge is -2.35. The van der Waals surface area contributed by atoms with Gasteiger partial charge in [0.25, 0.3) is 0 Å². The van der Waals surface area contributed by atoms with Crippen molar-refractivity contribution < 1.29 is 4.79 Å². The van der Waals surface area contributed by atoms with Crippen LogP contribution in [0.3, 0.4) is 0 Å². The molecule has 2 saturated carbocycles. The molecule has 1 aromatic carbocycles. The van der Waals surface area contributed by atoms with Crippen LogP contribution in [0, 0.1) is 16.7 Å². The quantitative estimate of drug-likeness (QED) is 0.907. The first-order valence-electron chi connectivity index (χ1n) is 7.77. The number of hydrogen-bond acceptors (Lipinski definition) is 2. The Kier molecular flexibility index (Phi) is 3.19. The number of primary amides is 1. The molecular formula is C18H24N2O. The van der Waals surface area contributed by atoms with E-state index in [9.17, 15) is 4.79 Å². The number of nitrogens with two attached hydrogens (primary N) is 1. The van der Waals surface area contributed by atoms with Crippen molar-refractivity contribution in [1.82, 2.24) is 0 Å². The van der Waals surface area contributed by atoms with Crippen LogP contribution in [-0.4, -0.2) is 11.6 Å². The standard InChI is InChI=1S/C18H24N2O/c1-17(2)13-9-10-18(17,3)14(11-13)20-15(16(19)21)12-7-5-4-6-8-12/h4-8,13,15H,9-11H2,1-3H3,(H2,19,21)/t13-,15-,18+/m1/s1. The van der Waals surface area contributed by atoms with E-state index in [0.29, 0.717) is 5.92 Å². The number of hydrogen-bond donors (Lipinski definition) is 1. The van der Waals surface area contributed by atoms with Crippen molar-refractivity contribution in [2.45, 2.75) is 46.1 Å². The maximum atomic E-state index is 11.9. The topological polar surface area (TPSA) is 55.4 Å². The molecule has 3 rings (SSSR count). The van der Waals surface area contributed by atoms with Crippen molar-refractivity contribution in [2.75, 3.05) is 0 Å². The van der Waals surface area contributed by atoms with Gasteiger partial charge in [-0.1, -0.05) is 51.1 Å². The molecular weight excluding hydrogens is 260 g/mol. The van der Waals surface area contributed by atoms with Gasteiger partial charge in [-0.15, -0.1) is 0 Å². The van der Waals surface area contributed by atoms with E-state index in [4.69, 9.17) is 10.7 Å². The summed E-state index contributed by atoms with van der Waals surface area (Å²) in [7, 11) is 0. The summed E-state index contributed by atoms with van der Waals surface area (Å²) in [4.78, 5) is 16.7. The van der Waals surface area contributed by atoms with Crippen molar-refractivity contribution >= 4 is 11.6 Å². The summed E-state index contributed by atoms with van der Waals surface area (Å²) >= 11 is 0. The van der Waals surface area contributed by atoms with Crippen molar-refractivity contribution in [2.24, 2.45) is 27.5 Å². The highest BCUT2D eigenvalue weighted by atomic mass is 16.1. The van der Waals surface area contributed by atoms with Gasteiger partial charge in [0.2, 0.25) is 5.91 Å². The lowest BCUT2D eigenvalue weighted by molar-refractivity contribution is -0.119. The second kappa shape index (κ2) is 4.69. The van der Waals surface area contributed by atoms with Crippen LogP contribution in [0.15, 0.2) is 35.3 Å². The highest BCUT2D eigenvalue weighted by Crippen LogP contribution is 2.64. The molecule has 0 unspecified atom stereocenters. The minimum atomic E-state index is -0.548. The van der Waals surface area contributed by atoms with Gasteiger partial charge in [-0.25, -0.2) is 0 Å². The smallest absolute Gasteiger partial charge is 0.246 e. The summed E-state index contributed by atoms with van der Waals surface area (Å²) in [5.41, 5.74) is 8.07. The van der Waals surface area contributed by atoms with Gasteiger partial charge in [0, 0.05) is 11.1 Å². The van der Waals surface area contributed by atoms with Crippen molar-refractivity contribution in [3.05, 3.63) is 35.9 Å². The first-order valence-corrected chi connectivity index (χ1v) is 7.77. The summed E-state index contributed by atoms with van der Waals surface area (Å²) in [6.07, 6.45) is 3.46. The Labute approximate surface area is 126 Å². The maximum Gasteiger partial charge on any atom is 0.246 e. The molecule has 2 aliphatic carbocycles. The first kappa shape index (κ1) is 14.3. The number of aliphatic imine (C=N–C) groups is 1. The van der Waals surface area contributed by atoms with Gasteiger partial charge >= 0.3 is 0 Å². The Morgan fingerprint density at radius 2 is 1.95 bits per heavy atom. The molecule has 0 aliphatic heterocycles. The maximum absolute atomic E-state index is 11.9. The third kappa shape index (κ3) is 2.02. The monoisotopic (exact) mass is 284 g/mol. The molecule has 2 bridgehead atoms. The van der Waals surface area contributed by atoms with Crippen molar-refractivity contribution in [3.63, 3.8) is 0 Å². The van der Waals surface area contributed by atoms with Gasteiger partial charge in [-0.05, 0) is 36.2 Å². The zero-order valence-electron chi connectivity index (χ0n) is 13.1. The van der Waals surface area contributed by atoms with Crippen LogP contribution >= 0.6 is 0 Å². The highest BCUT2D eigenvalue weighted by molar-refractivity contribution is 5.96. The Morgan fingerprint density at radius 3 is 2.43 bits per heavy atom. The fourth-order valence-corrected chi connectivity index (χ4v) is 4.22. The average molecular weight is 284 g/mol. The van der Waals surface area contributed by atoms with E-state index < -0.39 is 6.04 Å². The lowest BCUT2D eigenvalue weighted by atomic mass is 9.70. The fraction of sp³-hybridized carbons (Fsp3) is 0.556. The van der Waals surface area contributed by atoms with Crippen LogP contribution in [-0.2, 0) is 4.79 Å². The number of nitrogens with zero attached hydrogens (tertiary/aromatic N) is 1. The molecule has 2 fully saturated rings. The van der Waals surface area contributed by atoms with Gasteiger partial charge in [0.1, 0.15) is 0 Å². The molecule has 1 aromatic rings. The Balaban J connectivity index is 1.99. The largest absolute Gasteiger partial charge is 0.368 e. The van der Waals surface area contributed by atoms with Crippen LogP contribution < -0.4 is 5.73 Å². The fourth-order valence-electron chi connectivity index (χ4n) is 4.22. The predicted octanol–water partition coefficient (Wildman–Crippen LogP) is 3.50. The molecule has 3 nitrogen and oxygen atoms in total. The molecule has 0 spiro atoms. The van der Waals surface area contributed by atoms with Crippen molar-refractivity contribution in [1.29, 1.82) is 0 Å². The second-order valence-electron chi connectivity index (χ2n) is 7.28. The zero-order valence-corrected chi connectivity index (χ0v) is 13.1. The van der Waals surface area contributed by atoms with Gasteiger partial charge in [0.05, 0.1) is 0 Å². The molecule has 0 radical (unpaired) electrons. The minimum absolute atomic E-state index is 0.111. The van der Waals surface area contributed by atoms with E-state index in [0.717, 1.165) is 12.0 Å². The lowest BCUT2D eigenvalue weighted by Crippen LogP contribution is -2.33. The van der Waals surface area contributed by atoms with E-state index in [1.165, 1.54) is 18.6 Å². The van der Waals surface area contributed by atoms with E-state index >= 15 is 0 Å². The number of fused-ring (bicyclic) bond motifs is 2. The molecule has 3 atom stereocenters. The van der Waals surface area contributed by atoms with Gasteiger partial charge in [0.15, 0.2) is 6.04 Å². The summed E-state index contributed by atoms with van der Waals surface area (Å²) in [5.74, 6) is 0.323. The predicted molar refractivity (Wildman–Crippen MR) is 85.0 cm³/mol. The number of amides is 1. The molecule has 2 aliphatic rings. The Bertz CT molecular complexity index is 590. The first-order chi connectivity index (χ1) is 9.86. The molecule has 3 heteroatoms. The summed E-state index contributed by atoms with van der Waals surface area (Å²) in [6.45, 7) is 6.99. The van der Waals surface area contributed by atoms with Crippen molar-refractivity contribution in [3.8, 4) is 0 Å². The number of rotatable bonds is 3. The molecule has 1 amide bonds. The van der Waals surface area contributed by atoms with Gasteiger partial charge in [-0.3, -0.25) is 9.79 Å². The number of carbonyl (C=O) groups is 1. The number of carbonyl (C=O) groups excluding carboxylic acids is 1. The summed E-state index contributed by atoms with van der Waals surface area (Å²) in [6, 6.07) is 9.11. The number of benzene rings is 1. The molecule has 112 valence electrons. The van der Waals surface area contributed by atoms with E-state index in [2.05, 4.69) is 20.8 Å². The summed E-state index contributed by atoms with van der Waals surface area (Å²) < 4.78 is 0. The van der Waals surface area contributed by atoms with Crippen LogP contribution in [0.1, 0.15) is 51.6 Å². The molecule has 2 N–H and O–H groups in total. The second-order valence-corrected chi connectivity index (χ2v) is 7.28. The third-order valence-corrected chi connectivity index (χ3v) is 6.18. The van der Waals surface area contributed by atoms with Crippen LogP contribution in [0.5, 0.6) is 0 Å².